The Balaban J connectivity index is 3.02. The fraction of sp³-hybridized carbons (Fsp3) is 0.333. The van der Waals surface area contributed by atoms with Crippen LogP contribution in [0.5, 0.6) is 0 Å². The van der Waals surface area contributed by atoms with Crippen LogP contribution in [0.1, 0.15) is 24.2 Å². The van der Waals surface area contributed by atoms with Gasteiger partial charge in [-0.25, -0.2) is 4.79 Å². The molecule has 0 heterocycles. The van der Waals surface area contributed by atoms with Gasteiger partial charge in [0.25, 0.3) is 5.91 Å². The summed E-state index contributed by atoms with van der Waals surface area (Å²) in [7, 11) is 1.46. The van der Waals surface area contributed by atoms with Gasteiger partial charge in [-0.2, -0.15) is 0 Å². The number of halogens is 1. The minimum absolute atomic E-state index is 0.370. The average Bonchev–Trinajstić information content (AvgIpc) is 2.26. The first-order chi connectivity index (χ1) is 7.76. The van der Waals surface area contributed by atoms with Crippen molar-refractivity contribution < 1.29 is 14.7 Å². The Kier molecular flexibility index (Phi) is 3.78. The number of likely N-dealkylation sites (N-methyl/N-ethyl adjacent to an activating group) is 1. The van der Waals surface area contributed by atoms with E-state index in [0.717, 1.165) is 0 Å². The summed E-state index contributed by atoms with van der Waals surface area (Å²) in [5, 5.41) is 9.48. The number of rotatable bonds is 3. The quantitative estimate of drug-likeness (QED) is 0.901. The molecule has 92 valence electrons. The Morgan fingerprint density at radius 2 is 1.94 bits per heavy atom. The fourth-order valence-electron chi connectivity index (χ4n) is 1.21. The SMILES string of the molecule is CN(C(=O)c1cccc(Cl)c1)C(C)(C)C(=O)O. The molecule has 0 spiro atoms. The minimum Gasteiger partial charge on any atom is -0.480 e. The van der Waals surface area contributed by atoms with Crippen molar-refractivity contribution in [2.45, 2.75) is 19.4 Å². The normalized spacial score (nSPS) is 11.1. The molecule has 1 aromatic rings. The number of nitrogens with zero attached hydrogens (tertiary/aromatic N) is 1. The van der Waals surface area contributed by atoms with Gasteiger partial charge in [-0.15, -0.1) is 0 Å². The zero-order valence-corrected chi connectivity index (χ0v) is 10.7. The van der Waals surface area contributed by atoms with Crippen LogP contribution in [0.4, 0.5) is 0 Å². The highest BCUT2D eigenvalue weighted by molar-refractivity contribution is 6.31. The summed E-state index contributed by atoms with van der Waals surface area (Å²) in [5.74, 6) is -1.43. The van der Waals surface area contributed by atoms with E-state index in [1.165, 1.54) is 31.9 Å². The van der Waals surface area contributed by atoms with E-state index < -0.39 is 11.5 Å². The lowest BCUT2D eigenvalue weighted by Gasteiger charge is -2.31. The third-order valence-electron chi connectivity index (χ3n) is 2.74. The van der Waals surface area contributed by atoms with Crippen molar-refractivity contribution in [2.75, 3.05) is 7.05 Å². The molecule has 1 amide bonds. The Hall–Kier alpha value is -1.55. The minimum atomic E-state index is -1.26. The standard InChI is InChI=1S/C12H14ClNO3/c1-12(2,11(16)17)14(3)10(15)8-5-4-6-9(13)7-8/h4-7H,1-3H3,(H,16,17). The van der Waals surface area contributed by atoms with E-state index in [-0.39, 0.29) is 5.91 Å². The molecule has 1 rings (SSSR count). The van der Waals surface area contributed by atoms with Crippen molar-refractivity contribution in [3.05, 3.63) is 34.9 Å². The summed E-state index contributed by atoms with van der Waals surface area (Å²) >= 11 is 5.78. The maximum absolute atomic E-state index is 12.1. The van der Waals surface area contributed by atoms with Crippen LogP contribution in [0.15, 0.2) is 24.3 Å². The second kappa shape index (κ2) is 4.75. The van der Waals surface area contributed by atoms with Crippen molar-refractivity contribution in [3.63, 3.8) is 0 Å². The highest BCUT2D eigenvalue weighted by Crippen LogP contribution is 2.18. The summed E-state index contributed by atoms with van der Waals surface area (Å²) in [6, 6.07) is 6.42. The van der Waals surface area contributed by atoms with Crippen molar-refractivity contribution >= 4 is 23.5 Å². The summed E-state index contributed by atoms with van der Waals surface area (Å²) in [6.45, 7) is 2.94. The largest absolute Gasteiger partial charge is 0.480 e. The number of benzene rings is 1. The molecule has 0 unspecified atom stereocenters. The number of aliphatic carboxylic acids is 1. The summed E-state index contributed by atoms with van der Waals surface area (Å²) in [6.07, 6.45) is 0. The number of carbonyl (C=O) groups excluding carboxylic acids is 1. The van der Waals surface area contributed by atoms with Gasteiger partial charge in [-0.05, 0) is 32.0 Å². The van der Waals surface area contributed by atoms with Crippen LogP contribution in [-0.4, -0.2) is 34.5 Å². The van der Waals surface area contributed by atoms with E-state index in [1.807, 2.05) is 0 Å². The Labute approximate surface area is 105 Å². The summed E-state index contributed by atoms with van der Waals surface area (Å²) < 4.78 is 0. The molecule has 5 heteroatoms. The smallest absolute Gasteiger partial charge is 0.329 e. The number of hydrogen-bond acceptors (Lipinski definition) is 2. The second-order valence-corrected chi connectivity index (χ2v) is 4.68. The molecule has 4 nitrogen and oxygen atoms in total. The molecule has 0 aliphatic heterocycles. The van der Waals surface area contributed by atoms with E-state index in [2.05, 4.69) is 0 Å². The van der Waals surface area contributed by atoms with Crippen LogP contribution in [0.25, 0.3) is 0 Å². The predicted molar refractivity (Wildman–Crippen MR) is 65.3 cm³/mol. The summed E-state index contributed by atoms with van der Waals surface area (Å²) in [4.78, 5) is 24.3. The highest BCUT2D eigenvalue weighted by atomic mass is 35.5. The molecular formula is C12H14ClNO3. The van der Waals surface area contributed by atoms with Crippen LogP contribution < -0.4 is 0 Å². The lowest BCUT2D eigenvalue weighted by Crippen LogP contribution is -2.50. The van der Waals surface area contributed by atoms with E-state index in [4.69, 9.17) is 16.7 Å². The first-order valence-electron chi connectivity index (χ1n) is 5.04. The van der Waals surface area contributed by atoms with Crippen molar-refractivity contribution in [1.82, 2.24) is 4.90 Å². The zero-order valence-electron chi connectivity index (χ0n) is 9.90. The molecule has 0 radical (unpaired) electrons. The molecule has 0 aliphatic rings. The second-order valence-electron chi connectivity index (χ2n) is 4.24. The molecule has 0 fully saturated rings. The number of hydrogen-bond donors (Lipinski definition) is 1. The van der Waals surface area contributed by atoms with E-state index in [9.17, 15) is 9.59 Å². The van der Waals surface area contributed by atoms with Gasteiger partial charge in [0.15, 0.2) is 0 Å². The molecule has 1 aromatic carbocycles. The third kappa shape index (κ3) is 2.77. The Bertz CT molecular complexity index is 457. The van der Waals surface area contributed by atoms with Crippen LogP contribution in [-0.2, 0) is 4.79 Å². The number of carboxylic acid groups (broad SMARTS) is 1. The van der Waals surface area contributed by atoms with Gasteiger partial charge in [0.2, 0.25) is 0 Å². The first kappa shape index (κ1) is 13.5. The molecule has 1 N–H and O–H groups in total. The van der Waals surface area contributed by atoms with Crippen LogP contribution >= 0.6 is 11.6 Å². The molecule has 0 bridgehead atoms. The van der Waals surface area contributed by atoms with Crippen LogP contribution in [0, 0.1) is 0 Å². The Morgan fingerprint density at radius 3 is 2.41 bits per heavy atom. The van der Waals surface area contributed by atoms with Gasteiger partial charge in [-0.1, -0.05) is 17.7 Å². The molecular weight excluding hydrogens is 242 g/mol. The van der Waals surface area contributed by atoms with E-state index >= 15 is 0 Å². The maximum Gasteiger partial charge on any atom is 0.329 e. The average molecular weight is 256 g/mol. The molecule has 0 saturated heterocycles. The van der Waals surface area contributed by atoms with Crippen molar-refractivity contribution in [2.24, 2.45) is 0 Å². The van der Waals surface area contributed by atoms with Gasteiger partial charge < -0.3 is 10.0 Å². The van der Waals surface area contributed by atoms with Gasteiger partial charge in [-0.3, -0.25) is 4.79 Å². The molecule has 0 atom stereocenters. The fourth-order valence-corrected chi connectivity index (χ4v) is 1.40. The Morgan fingerprint density at radius 1 is 1.35 bits per heavy atom. The van der Waals surface area contributed by atoms with E-state index in [1.54, 1.807) is 18.2 Å². The lowest BCUT2D eigenvalue weighted by molar-refractivity contribution is -0.147. The number of carbonyl (C=O) groups is 2. The van der Waals surface area contributed by atoms with Gasteiger partial charge in [0.1, 0.15) is 5.54 Å². The molecule has 0 saturated carbocycles. The maximum atomic E-state index is 12.1. The topological polar surface area (TPSA) is 57.6 Å². The van der Waals surface area contributed by atoms with Gasteiger partial charge in [0.05, 0.1) is 0 Å². The summed E-state index contributed by atoms with van der Waals surface area (Å²) in [5.41, 5.74) is -0.895. The third-order valence-corrected chi connectivity index (χ3v) is 2.97. The van der Waals surface area contributed by atoms with Crippen LogP contribution in [0.3, 0.4) is 0 Å². The molecule has 17 heavy (non-hydrogen) atoms. The van der Waals surface area contributed by atoms with E-state index in [0.29, 0.717) is 10.6 Å². The monoisotopic (exact) mass is 255 g/mol. The number of amides is 1. The van der Waals surface area contributed by atoms with Gasteiger partial charge in [0, 0.05) is 17.6 Å². The number of carboxylic acids is 1. The zero-order chi connectivity index (χ0) is 13.2. The van der Waals surface area contributed by atoms with Gasteiger partial charge >= 0.3 is 5.97 Å². The highest BCUT2D eigenvalue weighted by Gasteiger charge is 2.35. The lowest BCUT2D eigenvalue weighted by atomic mass is 10.0. The van der Waals surface area contributed by atoms with Crippen molar-refractivity contribution in [3.8, 4) is 0 Å². The first-order valence-corrected chi connectivity index (χ1v) is 5.41. The van der Waals surface area contributed by atoms with Crippen LogP contribution in [0.2, 0.25) is 5.02 Å². The predicted octanol–water partition coefficient (Wildman–Crippen LogP) is 2.28. The molecule has 0 aromatic heterocycles. The molecule has 0 aliphatic carbocycles. The van der Waals surface area contributed by atoms with Crippen molar-refractivity contribution in [1.29, 1.82) is 0 Å².